The summed E-state index contributed by atoms with van der Waals surface area (Å²) in [5.74, 6) is 0.150. The fourth-order valence-corrected chi connectivity index (χ4v) is 4.57. The van der Waals surface area contributed by atoms with Crippen molar-refractivity contribution >= 4 is 35.4 Å². The van der Waals surface area contributed by atoms with E-state index >= 15 is 0 Å². The summed E-state index contributed by atoms with van der Waals surface area (Å²) in [6.45, 7) is 3.76. The maximum atomic E-state index is 13.0. The van der Waals surface area contributed by atoms with Crippen LogP contribution in [0.2, 0.25) is 0 Å². The molecule has 0 aliphatic carbocycles. The molecule has 4 amide bonds. The third-order valence-corrected chi connectivity index (χ3v) is 7.41. The predicted octanol–water partition coefficient (Wildman–Crippen LogP) is 1.21. The first-order chi connectivity index (χ1) is 19.1. The van der Waals surface area contributed by atoms with Gasteiger partial charge < -0.3 is 31.7 Å². The molecule has 10 nitrogen and oxygen atoms in total. The van der Waals surface area contributed by atoms with Crippen molar-refractivity contribution in [3.8, 4) is 5.75 Å². The maximum Gasteiger partial charge on any atom is 0.243 e. The molecule has 11 heteroatoms. The van der Waals surface area contributed by atoms with Gasteiger partial charge in [0.25, 0.3) is 0 Å². The zero-order valence-corrected chi connectivity index (χ0v) is 24.2. The largest absolute Gasteiger partial charge is 0.508 e. The molecule has 218 valence electrons. The third kappa shape index (κ3) is 11.3. The molecule has 0 heterocycles. The second-order valence-corrected chi connectivity index (χ2v) is 10.8. The fraction of sp³-hybridized carbons (Fsp3) is 0.448. The Hall–Kier alpha value is -3.57. The van der Waals surface area contributed by atoms with Crippen molar-refractivity contribution in [3.05, 3.63) is 65.7 Å². The molecular weight excluding hydrogens is 530 g/mol. The van der Waals surface area contributed by atoms with Gasteiger partial charge in [-0.15, -0.1) is 0 Å². The molecule has 2 aromatic rings. The zero-order chi connectivity index (χ0) is 29.5. The van der Waals surface area contributed by atoms with Crippen LogP contribution in [0.5, 0.6) is 5.75 Å². The smallest absolute Gasteiger partial charge is 0.243 e. The van der Waals surface area contributed by atoms with Crippen molar-refractivity contribution in [3.63, 3.8) is 0 Å². The molecule has 0 fully saturated rings. The summed E-state index contributed by atoms with van der Waals surface area (Å²) in [5.41, 5.74) is 7.65. The number of likely N-dealkylation sites (N-methyl/N-ethyl adjacent to an activating group) is 1. The number of aromatic hydroxyl groups is 1. The van der Waals surface area contributed by atoms with Gasteiger partial charge in [0.05, 0.1) is 12.6 Å². The number of benzene rings is 2. The highest BCUT2D eigenvalue weighted by atomic mass is 32.2. The highest BCUT2D eigenvalue weighted by Gasteiger charge is 2.28. The van der Waals surface area contributed by atoms with Crippen LogP contribution in [0.1, 0.15) is 31.4 Å². The Balaban J connectivity index is 1.90. The van der Waals surface area contributed by atoms with Gasteiger partial charge in [-0.25, -0.2) is 0 Å². The van der Waals surface area contributed by atoms with Gasteiger partial charge in [-0.05, 0) is 48.8 Å². The molecule has 0 spiro atoms. The first kappa shape index (κ1) is 32.6. The quantitative estimate of drug-likeness (QED) is 0.190. The number of nitrogens with two attached hydrogens (primary N) is 1. The topological polar surface area (TPSA) is 154 Å². The molecule has 2 aromatic carbocycles. The van der Waals surface area contributed by atoms with Crippen LogP contribution in [0.3, 0.4) is 0 Å². The molecule has 0 aromatic heterocycles. The van der Waals surface area contributed by atoms with Gasteiger partial charge in [-0.1, -0.05) is 49.4 Å². The van der Waals surface area contributed by atoms with Crippen molar-refractivity contribution in [2.75, 3.05) is 31.6 Å². The van der Waals surface area contributed by atoms with Crippen molar-refractivity contribution in [2.45, 2.75) is 51.2 Å². The molecule has 0 aliphatic rings. The monoisotopic (exact) mass is 571 g/mol. The van der Waals surface area contributed by atoms with E-state index in [1.54, 1.807) is 30.9 Å². The fourth-order valence-electron chi connectivity index (χ4n) is 3.83. The minimum Gasteiger partial charge on any atom is -0.508 e. The second kappa shape index (κ2) is 17.2. The normalized spacial score (nSPS) is 13.0. The summed E-state index contributed by atoms with van der Waals surface area (Å²) in [5, 5.41) is 17.4. The van der Waals surface area contributed by atoms with Crippen LogP contribution in [0.25, 0.3) is 0 Å². The van der Waals surface area contributed by atoms with Crippen LogP contribution in [-0.4, -0.2) is 83.4 Å². The van der Waals surface area contributed by atoms with E-state index in [1.165, 1.54) is 24.0 Å². The van der Waals surface area contributed by atoms with Gasteiger partial charge in [0, 0.05) is 25.8 Å². The summed E-state index contributed by atoms with van der Waals surface area (Å²) >= 11 is 1.76. The van der Waals surface area contributed by atoms with Crippen LogP contribution >= 0.6 is 11.8 Å². The van der Waals surface area contributed by atoms with Gasteiger partial charge in [0.15, 0.2) is 0 Å². The van der Waals surface area contributed by atoms with Gasteiger partial charge in [0.1, 0.15) is 17.8 Å². The summed E-state index contributed by atoms with van der Waals surface area (Å²) in [7, 11) is 1.54. The Morgan fingerprint density at radius 3 is 2.20 bits per heavy atom. The summed E-state index contributed by atoms with van der Waals surface area (Å²) in [6, 6.07) is 13.2. The molecule has 0 saturated heterocycles. The molecule has 0 radical (unpaired) electrons. The molecule has 40 heavy (non-hydrogen) atoms. The van der Waals surface area contributed by atoms with Crippen LogP contribution in [0.15, 0.2) is 54.6 Å². The number of nitrogens with zero attached hydrogens (tertiary/aromatic N) is 1. The van der Waals surface area contributed by atoms with E-state index in [4.69, 9.17) is 5.73 Å². The standard InChI is InChI=1S/C29H41N5O5S/c1-4-15-40-16-14-31-29(39)25(18-21-8-6-5-7-9-21)34(3)26(36)19-32-27(37)20(2)33-28(38)24(30)17-22-10-12-23(35)13-11-22/h5-13,20,24-25,35H,4,14-19,30H2,1-3H3,(H,31,39)(H,32,37)(H,33,38)/t20-,24+,25+/m1/s1. The Morgan fingerprint density at radius 1 is 0.900 bits per heavy atom. The highest BCUT2D eigenvalue weighted by molar-refractivity contribution is 7.99. The molecule has 3 atom stereocenters. The molecule has 6 N–H and O–H groups in total. The van der Waals surface area contributed by atoms with Crippen LogP contribution < -0.4 is 21.7 Å². The van der Waals surface area contributed by atoms with E-state index in [-0.39, 0.29) is 24.6 Å². The summed E-state index contributed by atoms with van der Waals surface area (Å²) in [4.78, 5) is 52.4. The number of carbonyl (C=O) groups excluding carboxylic acids is 4. The van der Waals surface area contributed by atoms with Gasteiger partial charge >= 0.3 is 0 Å². The molecule has 0 aliphatic heterocycles. The van der Waals surface area contributed by atoms with E-state index in [0.717, 1.165) is 29.1 Å². The van der Waals surface area contributed by atoms with Crippen LogP contribution in [0.4, 0.5) is 0 Å². The van der Waals surface area contributed by atoms with E-state index < -0.39 is 35.8 Å². The Labute approximate surface area is 240 Å². The average Bonchev–Trinajstić information content (AvgIpc) is 2.95. The first-order valence-electron chi connectivity index (χ1n) is 13.4. The molecule has 0 unspecified atom stereocenters. The van der Waals surface area contributed by atoms with E-state index in [9.17, 15) is 24.3 Å². The van der Waals surface area contributed by atoms with Crippen molar-refractivity contribution in [1.29, 1.82) is 0 Å². The Kier molecular flexibility index (Phi) is 14.0. The number of amides is 4. The van der Waals surface area contributed by atoms with E-state index in [0.29, 0.717) is 13.0 Å². The van der Waals surface area contributed by atoms with E-state index in [2.05, 4.69) is 22.9 Å². The first-order valence-corrected chi connectivity index (χ1v) is 14.5. The lowest BCUT2D eigenvalue weighted by Gasteiger charge is -2.28. The predicted molar refractivity (Wildman–Crippen MR) is 158 cm³/mol. The number of thioether (sulfide) groups is 1. The number of nitrogens with one attached hydrogen (secondary N) is 3. The van der Waals surface area contributed by atoms with Crippen LogP contribution in [-0.2, 0) is 32.0 Å². The highest BCUT2D eigenvalue weighted by Crippen LogP contribution is 2.11. The summed E-state index contributed by atoms with van der Waals surface area (Å²) < 4.78 is 0. The van der Waals surface area contributed by atoms with Crippen molar-refractivity contribution in [1.82, 2.24) is 20.9 Å². The number of hydrogen-bond acceptors (Lipinski definition) is 7. The molecule has 0 saturated carbocycles. The molecular formula is C29H41N5O5S. The molecule has 2 rings (SSSR count). The van der Waals surface area contributed by atoms with Gasteiger partial charge in [0.2, 0.25) is 23.6 Å². The minimum absolute atomic E-state index is 0.112. The zero-order valence-electron chi connectivity index (χ0n) is 23.4. The van der Waals surface area contributed by atoms with Gasteiger partial charge in [-0.2, -0.15) is 11.8 Å². The average molecular weight is 572 g/mol. The number of rotatable bonds is 16. The maximum absolute atomic E-state index is 13.0. The SMILES string of the molecule is CCCSCCNC(=O)[C@H](Cc1ccccc1)N(C)C(=O)CNC(=O)[C@@H](C)NC(=O)[C@@H](N)Cc1ccc(O)cc1. The Morgan fingerprint density at radius 2 is 1.55 bits per heavy atom. The van der Waals surface area contributed by atoms with Crippen LogP contribution in [0, 0.1) is 0 Å². The number of carbonyl (C=O) groups is 4. The van der Waals surface area contributed by atoms with Crippen molar-refractivity contribution in [2.24, 2.45) is 5.73 Å². The minimum atomic E-state index is -0.930. The molecule has 0 bridgehead atoms. The lowest BCUT2D eigenvalue weighted by molar-refractivity contribution is -0.139. The van der Waals surface area contributed by atoms with Crippen molar-refractivity contribution < 1.29 is 24.3 Å². The summed E-state index contributed by atoms with van der Waals surface area (Å²) in [6.07, 6.45) is 1.62. The second-order valence-electron chi connectivity index (χ2n) is 9.54. The number of hydrogen-bond donors (Lipinski definition) is 5. The number of phenols is 1. The lowest BCUT2D eigenvalue weighted by Crippen LogP contribution is -2.54. The lowest BCUT2D eigenvalue weighted by atomic mass is 10.0. The van der Waals surface area contributed by atoms with Gasteiger partial charge in [-0.3, -0.25) is 19.2 Å². The number of phenolic OH excluding ortho intramolecular Hbond substituents is 1. The Bertz CT molecular complexity index is 1100. The van der Waals surface area contributed by atoms with E-state index in [1.807, 2.05) is 30.3 Å². The third-order valence-electron chi connectivity index (χ3n) is 6.22.